The van der Waals surface area contributed by atoms with Crippen LogP contribution in [-0.4, -0.2) is 35.3 Å². The number of fused-ring (bicyclic) bond motifs is 1. The Balaban J connectivity index is 1.59. The van der Waals surface area contributed by atoms with Crippen molar-refractivity contribution in [3.05, 3.63) is 104 Å². The molecule has 0 bridgehead atoms. The van der Waals surface area contributed by atoms with Gasteiger partial charge in [-0.2, -0.15) is 0 Å². The Morgan fingerprint density at radius 3 is 2.03 bits per heavy atom. The Morgan fingerprint density at radius 2 is 1.43 bits per heavy atom. The van der Waals surface area contributed by atoms with Gasteiger partial charge in [-0.1, -0.05) is 42.0 Å². The van der Waals surface area contributed by atoms with Gasteiger partial charge < -0.3 is 14.8 Å². The van der Waals surface area contributed by atoms with Crippen LogP contribution >= 0.6 is 0 Å². The molecular weight excluding hydrogens is 470 g/mol. The van der Waals surface area contributed by atoms with Crippen molar-refractivity contribution in [3.63, 3.8) is 0 Å². The van der Waals surface area contributed by atoms with Crippen LogP contribution in [0.1, 0.15) is 39.9 Å². The van der Waals surface area contributed by atoms with Crippen molar-refractivity contribution in [1.82, 2.24) is 14.5 Å². The second-order valence-corrected chi connectivity index (χ2v) is 9.41. The van der Waals surface area contributed by atoms with Crippen LogP contribution in [0.2, 0.25) is 0 Å². The van der Waals surface area contributed by atoms with E-state index in [0.29, 0.717) is 28.0 Å². The first-order valence-electron chi connectivity index (χ1n) is 12.2. The standard InChI is InChI=1S/C29H29N3O5/c1-18-4-6-19(7-5-18)16-31-24-15-26(37-3)25(36-2)14-23(24)28(34)32(29(31)35)17-20-8-10-21(11-9-20)27(33)30-22-12-13-22/h4-11,14-15,22H,12-13,16-17H2,1-3H3,(H,30,33). The predicted molar refractivity (Wildman–Crippen MR) is 142 cm³/mol. The van der Waals surface area contributed by atoms with Gasteiger partial charge in [0.2, 0.25) is 0 Å². The van der Waals surface area contributed by atoms with E-state index in [4.69, 9.17) is 9.47 Å². The number of benzene rings is 3. The van der Waals surface area contributed by atoms with Gasteiger partial charge in [0.1, 0.15) is 0 Å². The minimum Gasteiger partial charge on any atom is -0.493 e. The predicted octanol–water partition coefficient (Wildman–Crippen LogP) is 3.48. The van der Waals surface area contributed by atoms with Crippen molar-refractivity contribution in [2.45, 2.75) is 38.9 Å². The largest absolute Gasteiger partial charge is 0.493 e. The molecule has 1 amide bonds. The van der Waals surface area contributed by atoms with Crippen molar-refractivity contribution in [2.75, 3.05) is 14.2 Å². The Bertz CT molecular complexity index is 1580. The summed E-state index contributed by atoms with van der Waals surface area (Å²) < 4.78 is 13.7. The summed E-state index contributed by atoms with van der Waals surface area (Å²) in [6.07, 6.45) is 2.03. The molecule has 5 rings (SSSR count). The van der Waals surface area contributed by atoms with Gasteiger partial charge in [-0.15, -0.1) is 0 Å². The number of ether oxygens (including phenoxy) is 2. The molecule has 0 radical (unpaired) electrons. The molecule has 1 aliphatic rings. The molecule has 0 aliphatic heterocycles. The second-order valence-electron chi connectivity index (χ2n) is 9.41. The number of rotatable bonds is 8. The van der Waals surface area contributed by atoms with Crippen LogP contribution in [0.4, 0.5) is 0 Å². The lowest BCUT2D eigenvalue weighted by molar-refractivity contribution is 0.0951. The summed E-state index contributed by atoms with van der Waals surface area (Å²) in [7, 11) is 3.02. The molecule has 37 heavy (non-hydrogen) atoms. The number of hydrogen-bond donors (Lipinski definition) is 1. The molecule has 3 aromatic carbocycles. The molecule has 1 aliphatic carbocycles. The molecule has 1 fully saturated rings. The second kappa shape index (κ2) is 9.97. The Labute approximate surface area is 214 Å². The van der Waals surface area contributed by atoms with Gasteiger partial charge in [-0.05, 0) is 49.1 Å². The minimum absolute atomic E-state index is 0.0698. The third kappa shape index (κ3) is 5.00. The summed E-state index contributed by atoms with van der Waals surface area (Å²) in [6.45, 7) is 2.36. The molecule has 0 saturated heterocycles. The SMILES string of the molecule is COc1cc2c(=O)n(Cc3ccc(C(=O)NC4CC4)cc3)c(=O)n(Cc3ccc(C)cc3)c2cc1OC. The highest BCUT2D eigenvalue weighted by atomic mass is 16.5. The zero-order chi connectivity index (χ0) is 26.1. The highest BCUT2D eigenvalue weighted by molar-refractivity contribution is 5.94. The van der Waals surface area contributed by atoms with E-state index in [-0.39, 0.29) is 25.0 Å². The highest BCUT2D eigenvalue weighted by Gasteiger charge is 2.24. The molecule has 1 aromatic heterocycles. The van der Waals surface area contributed by atoms with Crippen LogP contribution in [-0.2, 0) is 13.1 Å². The Kier molecular flexibility index (Phi) is 6.56. The lowest BCUT2D eigenvalue weighted by atomic mass is 10.1. The van der Waals surface area contributed by atoms with Gasteiger partial charge >= 0.3 is 5.69 Å². The first kappa shape index (κ1) is 24.4. The van der Waals surface area contributed by atoms with E-state index in [0.717, 1.165) is 29.5 Å². The van der Waals surface area contributed by atoms with Gasteiger partial charge in [-0.3, -0.25) is 18.7 Å². The van der Waals surface area contributed by atoms with E-state index >= 15 is 0 Å². The molecule has 1 N–H and O–H groups in total. The summed E-state index contributed by atoms with van der Waals surface area (Å²) in [5, 5.41) is 3.31. The first-order valence-corrected chi connectivity index (χ1v) is 12.2. The maximum absolute atomic E-state index is 13.7. The molecule has 0 spiro atoms. The van der Waals surface area contributed by atoms with E-state index < -0.39 is 11.2 Å². The Morgan fingerprint density at radius 1 is 0.865 bits per heavy atom. The van der Waals surface area contributed by atoms with Gasteiger partial charge in [0.25, 0.3) is 11.5 Å². The highest BCUT2D eigenvalue weighted by Crippen LogP contribution is 2.30. The van der Waals surface area contributed by atoms with E-state index in [2.05, 4.69) is 5.32 Å². The van der Waals surface area contributed by atoms with Crippen molar-refractivity contribution in [3.8, 4) is 11.5 Å². The van der Waals surface area contributed by atoms with Crippen molar-refractivity contribution >= 4 is 16.8 Å². The van der Waals surface area contributed by atoms with Crippen LogP contribution in [0.15, 0.2) is 70.3 Å². The molecule has 4 aromatic rings. The quantitative estimate of drug-likeness (QED) is 0.401. The number of nitrogens with one attached hydrogen (secondary N) is 1. The molecule has 1 saturated carbocycles. The zero-order valence-electron chi connectivity index (χ0n) is 21.1. The summed E-state index contributed by atoms with van der Waals surface area (Å²) in [6, 6.07) is 18.5. The fraction of sp³-hybridized carbons (Fsp3) is 0.276. The topological polar surface area (TPSA) is 91.6 Å². The van der Waals surface area contributed by atoms with Crippen LogP contribution in [0.5, 0.6) is 11.5 Å². The third-order valence-electron chi connectivity index (χ3n) is 6.66. The average Bonchev–Trinajstić information content (AvgIpc) is 3.73. The van der Waals surface area contributed by atoms with E-state index in [9.17, 15) is 14.4 Å². The average molecular weight is 500 g/mol. The Hall–Kier alpha value is -4.33. The number of methoxy groups -OCH3 is 2. The summed E-state index contributed by atoms with van der Waals surface area (Å²) >= 11 is 0. The molecule has 1 heterocycles. The van der Waals surface area contributed by atoms with E-state index in [1.165, 1.54) is 18.8 Å². The van der Waals surface area contributed by atoms with Gasteiger partial charge in [0.15, 0.2) is 11.5 Å². The molecule has 8 heteroatoms. The molecule has 0 unspecified atom stereocenters. The van der Waals surface area contributed by atoms with Gasteiger partial charge in [0.05, 0.1) is 38.2 Å². The third-order valence-corrected chi connectivity index (χ3v) is 6.66. The fourth-order valence-electron chi connectivity index (χ4n) is 4.35. The number of aryl methyl sites for hydroxylation is 1. The smallest absolute Gasteiger partial charge is 0.332 e. The van der Waals surface area contributed by atoms with Crippen LogP contribution in [0, 0.1) is 6.92 Å². The number of carbonyl (C=O) groups is 1. The zero-order valence-corrected chi connectivity index (χ0v) is 21.1. The van der Waals surface area contributed by atoms with Crippen LogP contribution in [0.3, 0.4) is 0 Å². The summed E-state index contributed by atoms with van der Waals surface area (Å²) in [5.41, 5.74) is 2.96. The maximum Gasteiger partial charge on any atom is 0.332 e. The first-order chi connectivity index (χ1) is 17.9. The molecular formula is C29H29N3O5. The monoisotopic (exact) mass is 499 g/mol. The van der Waals surface area contributed by atoms with Crippen LogP contribution in [0.25, 0.3) is 10.9 Å². The van der Waals surface area contributed by atoms with Gasteiger partial charge in [-0.25, -0.2) is 4.79 Å². The lowest BCUT2D eigenvalue weighted by Crippen LogP contribution is -2.40. The number of carbonyl (C=O) groups excluding carboxylic acids is 1. The number of hydrogen-bond acceptors (Lipinski definition) is 5. The van der Waals surface area contributed by atoms with Gasteiger partial charge in [0, 0.05) is 17.7 Å². The van der Waals surface area contributed by atoms with Crippen LogP contribution < -0.4 is 26.0 Å². The lowest BCUT2D eigenvalue weighted by Gasteiger charge is -2.17. The van der Waals surface area contributed by atoms with E-state index in [1.807, 2.05) is 31.2 Å². The van der Waals surface area contributed by atoms with Crippen molar-refractivity contribution < 1.29 is 14.3 Å². The number of aromatic nitrogens is 2. The van der Waals surface area contributed by atoms with Crippen molar-refractivity contribution in [2.24, 2.45) is 0 Å². The summed E-state index contributed by atoms with van der Waals surface area (Å²) in [5.74, 6) is 0.730. The molecule has 190 valence electrons. The fourth-order valence-corrected chi connectivity index (χ4v) is 4.35. The summed E-state index contributed by atoms with van der Waals surface area (Å²) in [4.78, 5) is 39.6. The number of nitrogens with zero attached hydrogens (tertiary/aromatic N) is 2. The molecule has 8 nitrogen and oxygen atoms in total. The number of amides is 1. The van der Waals surface area contributed by atoms with Crippen molar-refractivity contribution in [1.29, 1.82) is 0 Å². The molecule has 0 atom stereocenters. The minimum atomic E-state index is -0.430. The van der Waals surface area contributed by atoms with E-state index in [1.54, 1.807) is 41.0 Å². The normalized spacial score (nSPS) is 12.9. The maximum atomic E-state index is 13.7.